The summed E-state index contributed by atoms with van der Waals surface area (Å²) < 4.78 is 0. The Morgan fingerprint density at radius 1 is 1.32 bits per heavy atom. The van der Waals surface area contributed by atoms with Crippen LogP contribution in [-0.4, -0.2) is 83.6 Å². The van der Waals surface area contributed by atoms with Gasteiger partial charge in [0.1, 0.15) is 22.1 Å². The van der Waals surface area contributed by atoms with Crippen LogP contribution >= 0.6 is 46.6 Å². The number of rotatable bonds is 11. The number of carboxylic acids is 2. The van der Waals surface area contributed by atoms with Crippen molar-refractivity contribution >= 4 is 81.2 Å². The van der Waals surface area contributed by atoms with Gasteiger partial charge in [0.25, 0.3) is 11.8 Å². The maximum atomic E-state index is 12.9. The molecule has 0 unspecified atom stereocenters. The Morgan fingerprint density at radius 2 is 2.08 bits per heavy atom. The standard InChI is InChI=1S/C17H16N8O7S4.2Na/c18-17-20-6(3-34-17)10(23-32-2-9(26)27)13(28)21-11-14(29)25-12(16(30)31)7(4-33-15(11)25)35-5-36-8-1-19-24-22-8;;/h1,3,11,15H,2,4-5H2,(H2,18,20)(H,21,28)(H,26,27)(H,30,31)(H,19,22,24);;/q;2*+1/p-2/b23-10-;;/t11-,15+;;/m1../s1. The average molecular weight is 617 g/mol. The molecule has 0 aromatic carbocycles. The number of hydrogen-bond acceptors (Lipinski definition) is 16. The number of anilines is 1. The van der Waals surface area contributed by atoms with E-state index in [1.807, 2.05) is 0 Å². The molecule has 0 spiro atoms. The first-order chi connectivity index (χ1) is 17.3. The number of aromatic amines is 1. The topological polar surface area (TPSA) is 232 Å². The van der Waals surface area contributed by atoms with E-state index in [0.717, 1.165) is 16.2 Å². The number of oxime groups is 1. The number of nitrogens with two attached hydrogens (primary N) is 1. The molecule has 2 aromatic heterocycles. The number of thiazole rings is 1. The molecule has 4 N–H and O–H groups in total. The van der Waals surface area contributed by atoms with E-state index in [1.165, 1.54) is 40.7 Å². The second-order valence-electron chi connectivity index (χ2n) is 6.79. The maximum Gasteiger partial charge on any atom is 1.00 e. The number of H-pyrrole nitrogens is 1. The molecular weight excluding hydrogens is 602 g/mol. The molecule has 38 heavy (non-hydrogen) atoms. The van der Waals surface area contributed by atoms with Crippen molar-refractivity contribution in [3.05, 3.63) is 27.9 Å². The molecule has 0 bridgehead atoms. The van der Waals surface area contributed by atoms with Crippen molar-refractivity contribution in [3.8, 4) is 0 Å². The first kappa shape index (κ1) is 32.9. The van der Waals surface area contributed by atoms with Crippen molar-refractivity contribution in [2.75, 3.05) is 23.2 Å². The monoisotopic (exact) mass is 616 g/mol. The molecule has 1 saturated heterocycles. The van der Waals surface area contributed by atoms with Gasteiger partial charge in [0.05, 0.1) is 28.9 Å². The summed E-state index contributed by atoms with van der Waals surface area (Å²) in [5.41, 5.74) is 4.94. The molecule has 2 aliphatic rings. The van der Waals surface area contributed by atoms with Crippen molar-refractivity contribution in [3.63, 3.8) is 0 Å². The molecule has 2 aromatic rings. The molecule has 4 heterocycles. The predicted molar refractivity (Wildman–Crippen MR) is 126 cm³/mol. The normalized spacial score (nSPS) is 18.5. The largest absolute Gasteiger partial charge is 1.00 e. The van der Waals surface area contributed by atoms with Crippen molar-refractivity contribution in [2.45, 2.75) is 16.4 Å². The number of carbonyl (C=O) groups is 4. The van der Waals surface area contributed by atoms with E-state index in [1.54, 1.807) is 6.20 Å². The zero-order valence-electron chi connectivity index (χ0n) is 19.7. The van der Waals surface area contributed by atoms with Crippen molar-refractivity contribution in [1.29, 1.82) is 0 Å². The minimum Gasteiger partial charge on any atom is -0.546 e. The minimum absolute atomic E-state index is 0. The summed E-state index contributed by atoms with van der Waals surface area (Å²) in [5, 5.41) is 40.3. The van der Waals surface area contributed by atoms with Gasteiger partial charge in [-0.25, -0.2) is 4.98 Å². The number of hydrogen-bond donors (Lipinski definition) is 3. The maximum absolute atomic E-state index is 12.9. The summed E-state index contributed by atoms with van der Waals surface area (Å²) in [6.07, 6.45) is 1.60. The van der Waals surface area contributed by atoms with Crippen LogP contribution in [0.5, 0.6) is 0 Å². The number of carboxylic acid groups (broad SMARTS) is 2. The van der Waals surface area contributed by atoms with Crippen LogP contribution in [-0.2, 0) is 24.0 Å². The van der Waals surface area contributed by atoms with E-state index >= 15 is 0 Å². The number of thioether (sulfide) groups is 3. The van der Waals surface area contributed by atoms with Crippen LogP contribution in [0.3, 0.4) is 0 Å². The summed E-state index contributed by atoms with van der Waals surface area (Å²) >= 11 is 4.84. The summed E-state index contributed by atoms with van der Waals surface area (Å²) in [6, 6.07) is -1.07. The molecule has 190 valence electrons. The zero-order valence-corrected chi connectivity index (χ0v) is 27.0. The van der Waals surface area contributed by atoms with E-state index in [2.05, 4.69) is 35.7 Å². The van der Waals surface area contributed by atoms with Crippen molar-refractivity contribution in [2.24, 2.45) is 5.16 Å². The van der Waals surface area contributed by atoms with E-state index < -0.39 is 47.5 Å². The molecule has 21 heteroatoms. The summed E-state index contributed by atoms with van der Waals surface area (Å²) in [6.45, 7) is -0.917. The van der Waals surface area contributed by atoms with E-state index in [0.29, 0.717) is 15.0 Å². The van der Waals surface area contributed by atoms with Gasteiger partial charge >= 0.3 is 59.1 Å². The Bertz CT molecular complexity index is 1260. The molecule has 1 fully saturated rings. The number of aromatic nitrogens is 4. The molecule has 4 rings (SSSR count). The van der Waals surface area contributed by atoms with Crippen LogP contribution in [0, 0.1) is 0 Å². The number of amides is 2. The quantitative estimate of drug-likeness (QED) is 0.0532. The number of β-lactam (4-membered cyclic amide) rings is 1. The first-order valence-corrected chi connectivity index (χ1v) is 13.6. The SMILES string of the molecule is Nc1nc(/C(=N/OCC(=O)[O-])C(=O)N[C@@H]2C(=O)N3C(C(=O)[O-])=C(SCSc4c[nH]nn4)CS[C@@H]23)cs1.[Na+].[Na+]. The molecular formula is C17H14N8Na2O7S4. The molecule has 0 radical (unpaired) electrons. The Balaban J connectivity index is 0.00000253. The fraction of sp³-hybridized carbons (Fsp3) is 0.294. The fourth-order valence-electron chi connectivity index (χ4n) is 3.07. The van der Waals surface area contributed by atoms with Gasteiger partial charge in [-0.05, 0) is 0 Å². The molecule has 2 atom stereocenters. The van der Waals surface area contributed by atoms with E-state index in [9.17, 15) is 29.4 Å². The third-order valence-electron chi connectivity index (χ3n) is 4.57. The molecule has 0 aliphatic carbocycles. The van der Waals surface area contributed by atoms with Crippen molar-refractivity contribution in [1.82, 2.24) is 30.6 Å². The number of nitrogens with one attached hydrogen (secondary N) is 2. The van der Waals surface area contributed by atoms with E-state index in [4.69, 9.17) is 5.73 Å². The van der Waals surface area contributed by atoms with Crippen LogP contribution in [0.4, 0.5) is 5.13 Å². The molecule has 2 amide bonds. The van der Waals surface area contributed by atoms with Gasteiger partial charge in [0.2, 0.25) is 0 Å². The van der Waals surface area contributed by atoms with Crippen LogP contribution in [0.15, 0.2) is 32.4 Å². The van der Waals surface area contributed by atoms with Gasteiger partial charge < -0.3 is 35.7 Å². The summed E-state index contributed by atoms with van der Waals surface area (Å²) in [5.74, 6) is -4.35. The summed E-state index contributed by atoms with van der Waals surface area (Å²) in [4.78, 5) is 58.3. The Morgan fingerprint density at radius 3 is 2.68 bits per heavy atom. The Hall–Kier alpha value is -1.29. The Kier molecular flexibility index (Phi) is 12.9. The van der Waals surface area contributed by atoms with Gasteiger partial charge in [-0.1, -0.05) is 22.1 Å². The summed E-state index contributed by atoms with van der Waals surface area (Å²) in [7, 11) is 0. The number of nitrogens with zero attached hydrogens (tertiary/aromatic N) is 5. The zero-order chi connectivity index (χ0) is 25.8. The van der Waals surface area contributed by atoms with Crippen LogP contribution in [0.2, 0.25) is 0 Å². The fourth-order valence-corrected chi connectivity index (χ4v) is 7.19. The number of carbonyl (C=O) groups excluding carboxylic acids is 4. The molecule has 15 nitrogen and oxygen atoms in total. The van der Waals surface area contributed by atoms with Gasteiger partial charge in [0, 0.05) is 16.0 Å². The van der Waals surface area contributed by atoms with E-state index in [-0.39, 0.29) is 81.4 Å². The van der Waals surface area contributed by atoms with Crippen LogP contribution in [0.25, 0.3) is 0 Å². The average Bonchev–Trinajstić information content (AvgIpc) is 3.51. The first-order valence-electron chi connectivity index (χ1n) is 9.69. The van der Waals surface area contributed by atoms with Gasteiger partial charge in [0.15, 0.2) is 17.5 Å². The third-order valence-corrected chi connectivity index (χ3v) is 8.83. The van der Waals surface area contributed by atoms with Gasteiger partial charge in [-0.15, -0.1) is 40.0 Å². The van der Waals surface area contributed by atoms with Gasteiger partial charge in [-0.2, -0.15) is 0 Å². The van der Waals surface area contributed by atoms with Crippen LogP contribution in [0.1, 0.15) is 5.69 Å². The second kappa shape index (κ2) is 14.9. The smallest absolute Gasteiger partial charge is 0.546 e. The van der Waals surface area contributed by atoms with Crippen molar-refractivity contribution < 1.29 is 93.3 Å². The third kappa shape index (κ3) is 7.67. The predicted octanol–water partition coefficient (Wildman–Crippen LogP) is -8.83. The number of nitrogen functional groups attached to an aromatic ring is 1. The Labute approximate surface area is 275 Å². The second-order valence-corrected chi connectivity index (χ2v) is 11.2. The number of aliphatic carboxylic acids is 2. The van der Waals surface area contributed by atoms with Crippen LogP contribution < -0.4 is 80.4 Å². The molecule has 2 aliphatic heterocycles. The molecule has 0 saturated carbocycles. The minimum atomic E-state index is -1.56. The van der Waals surface area contributed by atoms with Gasteiger partial charge in [-0.3, -0.25) is 19.6 Å². The number of fused-ring (bicyclic) bond motifs is 1.